The zero-order valence-electron chi connectivity index (χ0n) is 12.4. The quantitative estimate of drug-likeness (QED) is 0.580. The van der Waals surface area contributed by atoms with Gasteiger partial charge < -0.3 is 10.6 Å². The van der Waals surface area contributed by atoms with Gasteiger partial charge in [-0.2, -0.15) is 0 Å². The van der Waals surface area contributed by atoms with Gasteiger partial charge in [-0.05, 0) is 44.6 Å². The second kappa shape index (κ2) is 6.98. The average molecular weight is 250 g/mol. The predicted molar refractivity (Wildman–Crippen MR) is 80.5 cm³/mol. The van der Waals surface area contributed by atoms with E-state index in [9.17, 15) is 0 Å². The second-order valence-corrected chi connectivity index (χ2v) is 5.66. The zero-order valence-corrected chi connectivity index (χ0v) is 12.4. The van der Waals surface area contributed by atoms with Crippen molar-refractivity contribution in [2.24, 2.45) is 11.8 Å². The van der Waals surface area contributed by atoms with Gasteiger partial charge in [-0.25, -0.2) is 0 Å². The highest BCUT2D eigenvalue weighted by molar-refractivity contribution is 5.18. The van der Waals surface area contributed by atoms with Crippen LogP contribution in [-0.2, 0) is 0 Å². The maximum absolute atomic E-state index is 4.31. The van der Waals surface area contributed by atoms with E-state index in [4.69, 9.17) is 0 Å². The van der Waals surface area contributed by atoms with E-state index in [-0.39, 0.29) is 5.54 Å². The van der Waals surface area contributed by atoms with E-state index in [0.717, 1.165) is 37.4 Å². The summed E-state index contributed by atoms with van der Waals surface area (Å²) in [5.74, 6) is 1.45. The Kier molecular flexibility index (Phi) is 5.94. The topological polar surface area (TPSA) is 24.1 Å². The molecule has 18 heavy (non-hydrogen) atoms. The van der Waals surface area contributed by atoms with Crippen LogP contribution in [0.4, 0.5) is 0 Å². The molecule has 0 aromatic carbocycles. The Labute approximate surface area is 113 Å². The number of nitrogens with one attached hydrogen (secondary N) is 2. The lowest BCUT2D eigenvalue weighted by atomic mass is 9.77. The monoisotopic (exact) mass is 250 g/mol. The molecule has 2 N–H and O–H groups in total. The summed E-state index contributed by atoms with van der Waals surface area (Å²) in [6.45, 7) is 13.8. The highest BCUT2D eigenvalue weighted by atomic mass is 15.0. The van der Waals surface area contributed by atoms with Crippen LogP contribution in [0.2, 0.25) is 0 Å². The Balaban J connectivity index is 2.70. The van der Waals surface area contributed by atoms with Gasteiger partial charge in [-0.3, -0.25) is 0 Å². The van der Waals surface area contributed by atoms with E-state index in [1.807, 2.05) is 6.08 Å². The van der Waals surface area contributed by atoms with Crippen molar-refractivity contribution in [2.75, 3.05) is 13.6 Å². The van der Waals surface area contributed by atoms with Crippen LogP contribution in [0.3, 0.4) is 0 Å². The summed E-state index contributed by atoms with van der Waals surface area (Å²) in [6, 6.07) is 0. The summed E-state index contributed by atoms with van der Waals surface area (Å²) in [5.41, 5.74) is 1.16. The number of hydrogen-bond donors (Lipinski definition) is 2. The van der Waals surface area contributed by atoms with Crippen molar-refractivity contribution in [3.8, 4) is 0 Å². The zero-order chi connectivity index (χ0) is 13.6. The summed E-state index contributed by atoms with van der Waals surface area (Å²) in [5, 5.41) is 7.10. The molecule has 0 aliphatic heterocycles. The molecule has 1 saturated carbocycles. The first-order valence-corrected chi connectivity index (χ1v) is 7.33. The van der Waals surface area contributed by atoms with Crippen molar-refractivity contribution >= 4 is 0 Å². The van der Waals surface area contributed by atoms with Crippen LogP contribution in [-0.4, -0.2) is 19.1 Å². The molecular formula is C16H30N2. The Morgan fingerprint density at radius 1 is 1.50 bits per heavy atom. The molecule has 1 aliphatic carbocycles. The lowest BCUT2D eigenvalue weighted by Crippen LogP contribution is -2.53. The molecule has 2 heteroatoms. The first kappa shape index (κ1) is 15.3. The smallest absolute Gasteiger partial charge is 0.0603 e. The van der Waals surface area contributed by atoms with Gasteiger partial charge in [-0.1, -0.05) is 32.9 Å². The Hall–Kier alpha value is -0.760. The number of allylic oxidation sites excluding steroid dienone is 1. The number of hydrogen-bond acceptors (Lipinski definition) is 2. The summed E-state index contributed by atoms with van der Waals surface area (Å²) in [7, 11) is 2.05. The van der Waals surface area contributed by atoms with Crippen molar-refractivity contribution in [3.63, 3.8) is 0 Å². The Bertz CT molecular complexity index is 281. The molecule has 2 nitrogen and oxygen atoms in total. The molecule has 104 valence electrons. The SMILES string of the molecule is C=CCCC(NC)(C(=C)NCC1CC1)C(C)CC. The van der Waals surface area contributed by atoms with Crippen LogP contribution in [0, 0.1) is 11.8 Å². The molecule has 0 aromatic heterocycles. The van der Waals surface area contributed by atoms with Crippen molar-refractivity contribution in [2.45, 2.75) is 51.5 Å². The van der Waals surface area contributed by atoms with Crippen LogP contribution in [0.5, 0.6) is 0 Å². The van der Waals surface area contributed by atoms with E-state index < -0.39 is 0 Å². The minimum atomic E-state index is -0.00215. The van der Waals surface area contributed by atoms with Crippen molar-refractivity contribution in [1.29, 1.82) is 0 Å². The molecule has 0 heterocycles. The molecule has 0 radical (unpaired) electrons. The van der Waals surface area contributed by atoms with Crippen LogP contribution in [0.1, 0.15) is 46.0 Å². The fraction of sp³-hybridized carbons (Fsp3) is 0.750. The van der Waals surface area contributed by atoms with Gasteiger partial charge in [0.2, 0.25) is 0 Å². The van der Waals surface area contributed by atoms with Gasteiger partial charge in [0.05, 0.1) is 5.54 Å². The van der Waals surface area contributed by atoms with Gasteiger partial charge in [0.15, 0.2) is 0 Å². The van der Waals surface area contributed by atoms with Crippen LogP contribution < -0.4 is 10.6 Å². The maximum Gasteiger partial charge on any atom is 0.0603 e. The van der Waals surface area contributed by atoms with Crippen molar-refractivity contribution < 1.29 is 0 Å². The predicted octanol–water partition coefficient (Wildman–Crippen LogP) is 3.47. The van der Waals surface area contributed by atoms with E-state index in [0.29, 0.717) is 5.92 Å². The molecule has 0 amide bonds. The number of rotatable bonds is 10. The Morgan fingerprint density at radius 3 is 2.61 bits per heavy atom. The summed E-state index contributed by atoms with van der Waals surface area (Å²) in [6.07, 6.45) is 8.00. The maximum atomic E-state index is 4.31. The molecule has 1 aliphatic rings. The van der Waals surface area contributed by atoms with Gasteiger partial charge in [0, 0.05) is 12.2 Å². The van der Waals surface area contributed by atoms with E-state index in [2.05, 4.69) is 44.7 Å². The standard InChI is InChI=1S/C16H30N2/c1-6-8-11-16(17-5,13(3)7-2)14(4)18-12-15-9-10-15/h6,13,15,17-18H,1,4,7-12H2,2-3,5H3. The van der Waals surface area contributed by atoms with Gasteiger partial charge in [-0.15, -0.1) is 6.58 Å². The molecular weight excluding hydrogens is 220 g/mol. The summed E-state index contributed by atoms with van der Waals surface area (Å²) < 4.78 is 0. The van der Waals surface area contributed by atoms with Crippen LogP contribution in [0.25, 0.3) is 0 Å². The molecule has 2 unspecified atom stereocenters. The Morgan fingerprint density at radius 2 is 2.17 bits per heavy atom. The van der Waals surface area contributed by atoms with E-state index in [1.54, 1.807) is 0 Å². The first-order chi connectivity index (χ1) is 8.60. The highest BCUT2D eigenvalue weighted by Gasteiger charge is 2.36. The largest absolute Gasteiger partial charge is 0.387 e. The third-order valence-corrected chi connectivity index (χ3v) is 4.48. The highest BCUT2D eigenvalue weighted by Crippen LogP contribution is 2.33. The first-order valence-electron chi connectivity index (χ1n) is 7.33. The van der Waals surface area contributed by atoms with Gasteiger partial charge in [0.1, 0.15) is 0 Å². The van der Waals surface area contributed by atoms with Crippen molar-refractivity contribution in [3.05, 3.63) is 24.9 Å². The molecule has 1 rings (SSSR count). The lowest BCUT2D eigenvalue weighted by Gasteiger charge is -2.41. The molecule has 0 bridgehead atoms. The van der Waals surface area contributed by atoms with Crippen LogP contribution in [0.15, 0.2) is 24.9 Å². The minimum Gasteiger partial charge on any atom is -0.387 e. The summed E-state index contributed by atoms with van der Waals surface area (Å²) in [4.78, 5) is 0. The number of likely N-dealkylation sites (N-methyl/N-ethyl adjacent to an activating group) is 1. The fourth-order valence-electron chi connectivity index (χ4n) is 2.64. The summed E-state index contributed by atoms with van der Waals surface area (Å²) >= 11 is 0. The average Bonchev–Trinajstić information content (AvgIpc) is 3.21. The van der Waals surface area contributed by atoms with Gasteiger partial charge >= 0.3 is 0 Å². The minimum absolute atomic E-state index is 0.00215. The molecule has 1 fully saturated rings. The van der Waals surface area contributed by atoms with E-state index >= 15 is 0 Å². The second-order valence-electron chi connectivity index (χ2n) is 5.66. The fourth-order valence-corrected chi connectivity index (χ4v) is 2.64. The molecule has 0 spiro atoms. The van der Waals surface area contributed by atoms with Crippen molar-refractivity contribution in [1.82, 2.24) is 10.6 Å². The van der Waals surface area contributed by atoms with E-state index in [1.165, 1.54) is 12.8 Å². The van der Waals surface area contributed by atoms with Crippen LogP contribution >= 0.6 is 0 Å². The molecule has 0 aromatic rings. The lowest BCUT2D eigenvalue weighted by molar-refractivity contribution is 0.247. The normalized spacial score (nSPS) is 19.9. The van der Waals surface area contributed by atoms with Gasteiger partial charge in [0.25, 0.3) is 0 Å². The molecule has 0 saturated heterocycles. The third-order valence-electron chi connectivity index (χ3n) is 4.48. The molecule has 2 atom stereocenters. The third kappa shape index (κ3) is 3.61.